The molecule has 26 heavy (non-hydrogen) atoms. The molecule has 1 amide bonds. The Hall–Kier alpha value is -2.49. The molecule has 5 heteroatoms. The minimum Gasteiger partial charge on any atom is -0.326 e. The van der Waals surface area contributed by atoms with Crippen LogP contribution in [0.1, 0.15) is 12.5 Å². The third kappa shape index (κ3) is 4.18. The van der Waals surface area contributed by atoms with Gasteiger partial charge in [-0.05, 0) is 73.2 Å². The molecule has 0 bridgehead atoms. The van der Waals surface area contributed by atoms with Crippen molar-refractivity contribution < 1.29 is 4.79 Å². The van der Waals surface area contributed by atoms with Gasteiger partial charge in [-0.2, -0.15) is 0 Å². The Morgan fingerprint density at radius 3 is 1.73 bits per heavy atom. The standard InChI is InChI=1S/C21H18Cl2N2O/c1-14-3-8-20(13-21(14)24-15(2)26)25(18-9-4-16(22)5-10-18)19-11-6-17(23)7-12-19/h3-13H,1-2H3,(H,24,26). The van der Waals surface area contributed by atoms with E-state index in [9.17, 15) is 4.79 Å². The number of carbonyl (C=O) groups is 1. The summed E-state index contributed by atoms with van der Waals surface area (Å²) in [7, 11) is 0. The topological polar surface area (TPSA) is 32.3 Å². The molecule has 132 valence electrons. The number of hydrogen-bond acceptors (Lipinski definition) is 2. The van der Waals surface area contributed by atoms with Crippen molar-refractivity contribution in [3.05, 3.63) is 82.3 Å². The first-order chi connectivity index (χ1) is 12.4. The van der Waals surface area contributed by atoms with Gasteiger partial charge in [-0.3, -0.25) is 4.79 Å². The second-order valence-corrected chi connectivity index (χ2v) is 6.84. The normalized spacial score (nSPS) is 10.5. The van der Waals surface area contributed by atoms with E-state index in [2.05, 4.69) is 10.2 Å². The predicted molar refractivity (Wildman–Crippen MR) is 110 cm³/mol. The van der Waals surface area contributed by atoms with Gasteiger partial charge in [0.1, 0.15) is 0 Å². The Morgan fingerprint density at radius 1 is 0.808 bits per heavy atom. The van der Waals surface area contributed by atoms with Crippen molar-refractivity contribution in [1.29, 1.82) is 0 Å². The maximum absolute atomic E-state index is 11.5. The second-order valence-electron chi connectivity index (χ2n) is 5.97. The highest BCUT2D eigenvalue weighted by molar-refractivity contribution is 6.31. The van der Waals surface area contributed by atoms with Gasteiger partial charge in [0.15, 0.2) is 0 Å². The molecule has 0 saturated heterocycles. The van der Waals surface area contributed by atoms with E-state index < -0.39 is 0 Å². The van der Waals surface area contributed by atoms with Crippen molar-refractivity contribution in [3.8, 4) is 0 Å². The smallest absolute Gasteiger partial charge is 0.221 e. The molecule has 3 aromatic rings. The van der Waals surface area contributed by atoms with Gasteiger partial charge in [-0.1, -0.05) is 29.3 Å². The van der Waals surface area contributed by atoms with Crippen molar-refractivity contribution in [2.75, 3.05) is 10.2 Å². The molecule has 0 aliphatic heterocycles. The van der Waals surface area contributed by atoms with Gasteiger partial charge >= 0.3 is 0 Å². The minimum atomic E-state index is -0.102. The molecule has 0 unspecified atom stereocenters. The molecule has 1 N–H and O–H groups in total. The fourth-order valence-electron chi connectivity index (χ4n) is 2.70. The molecule has 0 fully saturated rings. The zero-order valence-corrected chi connectivity index (χ0v) is 16.0. The van der Waals surface area contributed by atoms with Crippen molar-refractivity contribution >= 4 is 51.9 Å². The van der Waals surface area contributed by atoms with Crippen LogP contribution in [0.3, 0.4) is 0 Å². The van der Waals surface area contributed by atoms with Crippen molar-refractivity contribution in [1.82, 2.24) is 0 Å². The van der Waals surface area contributed by atoms with E-state index >= 15 is 0 Å². The maximum Gasteiger partial charge on any atom is 0.221 e. The van der Waals surface area contributed by atoms with E-state index in [0.29, 0.717) is 10.0 Å². The Kier molecular flexibility index (Phi) is 5.50. The van der Waals surface area contributed by atoms with E-state index in [-0.39, 0.29) is 5.91 Å². The molecule has 3 nitrogen and oxygen atoms in total. The third-order valence-corrected chi connectivity index (χ3v) is 4.46. The van der Waals surface area contributed by atoms with Crippen molar-refractivity contribution in [2.24, 2.45) is 0 Å². The number of nitrogens with zero attached hydrogens (tertiary/aromatic N) is 1. The maximum atomic E-state index is 11.5. The minimum absolute atomic E-state index is 0.102. The number of hydrogen-bond donors (Lipinski definition) is 1. The molecule has 3 aromatic carbocycles. The number of rotatable bonds is 4. The largest absolute Gasteiger partial charge is 0.326 e. The van der Waals surface area contributed by atoms with Gasteiger partial charge in [-0.15, -0.1) is 0 Å². The summed E-state index contributed by atoms with van der Waals surface area (Å²) in [6.07, 6.45) is 0. The van der Waals surface area contributed by atoms with Crippen molar-refractivity contribution in [2.45, 2.75) is 13.8 Å². The molecule has 3 rings (SSSR count). The van der Waals surface area contributed by atoms with Crippen molar-refractivity contribution in [3.63, 3.8) is 0 Å². The van der Waals surface area contributed by atoms with Gasteiger partial charge in [0, 0.05) is 39.7 Å². The fraction of sp³-hybridized carbons (Fsp3) is 0.0952. The monoisotopic (exact) mass is 384 g/mol. The van der Waals surface area contributed by atoms with Gasteiger partial charge in [-0.25, -0.2) is 0 Å². The van der Waals surface area contributed by atoms with Crippen LogP contribution in [0.5, 0.6) is 0 Å². The van der Waals surface area contributed by atoms with E-state index in [1.54, 1.807) is 0 Å². The Morgan fingerprint density at radius 2 is 1.27 bits per heavy atom. The molecule has 0 atom stereocenters. The highest BCUT2D eigenvalue weighted by Crippen LogP contribution is 2.37. The average molecular weight is 385 g/mol. The first-order valence-electron chi connectivity index (χ1n) is 8.13. The van der Waals surface area contributed by atoms with Crippen LogP contribution in [0.4, 0.5) is 22.7 Å². The lowest BCUT2D eigenvalue weighted by Crippen LogP contribution is -2.12. The van der Waals surface area contributed by atoms with Gasteiger partial charge in [0.05, 0.1) is 0 Å². The highest BCUT2D eigenvalue weighted by Gasteiger charge is 2.14. The summed E-state index contributed by atoms with van der Waals surface area (Å²) in [4.78, 5) is 13.6. The lowest BCUT2D eigenvalue weighted by molar-refractivity contribution is -0.114. The lowest BCUT2D eigenvalue weighted by atomic mass is 10.1. The summed E-state index contributed by atoms with van der Waals surface area (Å²) >= 11 is 12.1. The van der Waals surface area contributed by atoms with E-state index in [0.717, 1.165) is 28.3 Å². The number of halogens is 2. The molecule has 0 spiro atoms. The van der Waals surface area contributed by atoms with E-state index in [4.69, 9.17) is 23.2 Å². The van der Waals surface area contributed by atoms with E-state index in [1.807, 2.05) is 73.7 Å². The molecular weight excluding hydrogens is 367 g/mol. The van der Waals surface area contributed by atoms with Crippen LogP contribution in [0.2, 0.25) is 10.0 Å². The molecule has 0 aliphatic carbocycles. The van der Waals surface area contributed by atoms with Crippen LogP contribution in [0, 0.1) is 6.92 Å². The van der Waals surface area contributed by atoms with Crippen LogP contribution < -0.4 is 10.2 Å². The number of anilines is 4. The lowest BCUT2D eigenvalue weighted by Gasteiger charge is -2.26. The number of nitrogens with one attached hydrogen (secondary N) is 1. The second kappa shape index (κ2) is 7.81. The molecule has 0 aromatic heterocycles. The van der Waals surface area contributed by atoms with Gasteiger partial charge < -0.3 is 10.2 Å². The molecule has 0 heterocycles. The fourth-order valence-corrected chi connectivity index (χ4v) is 2.95. The SMILES string of the molecule is CC(=O)Nc1cc(N(c2ccc(Cl)cc2)c2ccc(Cl)cc2)ccc1C. The number of carbonyl (C=O) groups excluding carboxylic acids is 1. The first-order valence-corrected chi connectivity index (χ1v) is 8.89. The number of aryl methyl sites for hydroxylation is 1. The number of amides is 1. The quantitative estimate of drug-likeness (QED) is 0.540. The molecular formula is C21H18Cl2N2O. The van der Waals surface area contributed by atoms with E-state index in [1.165, 1.54) is 6.92 Å². The van der Waals surface area contributed by atoms with Gasteiger partial charge in [0.25, 0.3) is 0 Å². The van der Waals surface area contributed by atoms with Crippen LogP contribution >= 0.6 is 23.2 Å². The van der Waals surface area contributed by atoms with Crippen LogP contribution in [0.25, 0.3) is 0 Å². The summed E-state index contributed by atoms with van der Waals surface area (Å²) in [5, 5.41) is 4.23. The summed E-state index contributed by atoms with van der Waals surface area (Å²) in [5.74, 6) is -0.102. The predicted octanol–water partition coefficient (Wildman–Crippen LogP) is 6.73. The van der Waals surface area contributed by atoms with Crippen LogP contribution in [-0.2, 0) is 4.79 Å². The Balaban J connectivity index is 2.12. The van der Waals surface area contributed by atoms with Crippen LogP contribution in [0.15, 0.2) is 66.7 Å². The summed E-state index contributed by atoms with van der Waals surface area (Å²) in [5.41, 5.74) is 4.60. The third-order valence-electron chi connectivity index (χ3n) is 3.96. The average Bonchev–Trinajstić information content (AvgIpc) is 2.61. The summed E-state index contributed by atoms with van der Waals surface area (Å²) in [6.45, 7) is 3.46. The Bertz CT molecular complexity index is 876. The van der Waals surface area contributed by atoms with Crippen LogP contribution in [-0.4, -0.2) is 5.91 Å². The first kappa shape index (κ1) is 18.3. The number of benzene rings is 3. The molecule has 0 aliphatic rings. The summed E-state index contributed by atoms with van der Waals surface area (Å²) < 4.78 is 0. The summed E-state index contributed by atoms with van der Waals surface area (Å²) in [6, 6.07) is 21.2. The zero-order chi connectivity index (χ0) is 18.7. The molecule has 0 radical (unpaired) electrons. The molecule has 0 saturated carbocycles. The Labute approximate surface area is 163 Å². The van der Waals surface area contributed by atoms with Gasteiger partial charge in [0.2, 0.25) is 5.91 Å². The zero-order valence-electron chi connectivity index (χ0n) is 14.5. The highest BCUT2D eigenvalue weighted by atomic mass is 35.5.